The lowest BCUT2D eigenvalue weighted by atomic mass is 10.2. The summed E-state index contributed by atoms with van der Waals surface area (Å²) in [6, 6.07) is 5.43. The smallest absolute Gasteiger partial charge is 0.303 e. The van der Waals surface area contributed by atoms with E-state index in [0.29, 0.717) is 12.1 Å². The Bertz CT molecular complexity index is 576. The van der Waals surface area contributed by atoms with Gasteiger partial charge in [0.05, 0.1) is 6.42 Å². The monoisotopic (exact) mass is 248 g/mol. The molecule has 0 unspecified atom stereocenters. The first-order valence-corrected chi connectivity index (χ1v) is 5.46. The SMILES string of the molecule is O=C(O)CCC(=O)NCc1ccc2ncoc2c1. The number of carboxylic acid groups (broad SMARTS) is 1. The van der Waals surface area contributed by atoms with Crippen LogP contribution in [0.25, 0.3) is 11.1 Å². The Balaban J connectivity index is 1.89. The number of benzene rings is 1. The van der Waals surface area contributed by atoms with Gasteiger partial charge in [0.15, 0.2) is 12.0 Å². The van der Waals surface area contributed by atoms with E-state index in [9.17, 15) is 9.59 Å². The van der Waals surface area contributed by atoms with E-state index >= 15 is 0 Å². The second-order valence-corrected chi connectivity index (χ2v) is 3.82. The Hall–Kier alpha value is -2.37. The number of oxazole rings is 1. The van der Waals surface area contributed by atoms with Crippen molar-refractivity contribution in [3.8, 4) is 0 Å². The molecule has 6 nitrogen and oxygen atoms in total. The Morgan fingerprint density at radius 3 is 2.94 bits per heavy atom. The number of hydrogen-bond acceptors (Lipinski definition) is 4. The highest BCUT2D eigenvalue weighted by Crippen LogP contribution is 2.13. The highest BCUT2D eigenvalue weighted by molar-refractivity contribution is 5.80. The van der Waals surface area contributed by atoms with Gasteiger partial charge in [0.25, 0.3) is 0 Å². The number of rotatable bonds is 5. The molecule has 1 aromatic heterocycles. The van der Waals surface area contributed by atoms with Crippen LogP contribution in [0.4, 0.5) is 0 Å². The van der Waals surface area contributed by atoms with Crippen molar-refractivity contribution in [1.82, 2.24) is 10.3 Å². The van der Waals surface area contributed by atoms with Crippen LogP contribution in [0.5, 0.6) is 0 Å². The number of nitrogens with one attached hydrogen (secondary N) is 1. The lowest BCUT2D eigenvalue weighted by molar-refractivity contribution is -0.138. The molecule has 1 aromatic carbocycles. The summed E-state index contributed by atoms with van der Waals surface area (Å²) in [7, 11) is 0. The Morgan fingerprint density at radius 2 is 2.17 bits per heavy atom. The molecule has 0 radical (unpaired) electrons. The van der Waals surface area contributed by atoms with Crippen molar-refractivity contribution < 1.29 is 19.1 Å². The highest BCUT2D eigenvalue weighted by Gasteiger charge is 2.06. The van der Waals surface area contributed by atoms with Gasteiger partial charge in [0.1, 0.15) is 5.52 Å². The molecule has 2 N–H and O–H groups in total. The van der Waals surface area contributed by atoms with Crippen LogP contribution < -0.4 is 5.32 Å². The summed E-state index contributed by atoms with van der Waals surface area (Å²) in [5.74, 6) is -1.26. The summed E-state index contributed by atoms with van der Waals surface area (Å²) >= 11 is 0. The van der Waals surface area contributed by atoms with Crippen molar-refractivity contribution in [3.63, 3.8) is 0 Å². The lowest BCUT2D eigenvalue weighted by Gasteiger charge is -2.04. The van der Waals surface area contributed by atoms with Crippen LogP contribution in [0.1, 0.15) is 18.4 Å². The molecule has 0 spiro atoms. The molecule has 6 heteroatoms. The van der Waals surface area contributed by atoms with Crippen molar-refractivity contribution in [2.75, 3.05) is 0 Å². The molecule has 94 valence electrons. The number of fused-ring (bicyclic) bond motifs is 1. The molecule has 0 aliphatic heterocycles. The summed E-state index contributed by atoms with van der Waals surface area (Å²) in [6.07, 6.45) is 1.19. The number of carboxylic acids is 1. The first kappa shape index (κ1) is 12.1. The largest absolute Gasteiger partial charge is 0.481 e. The Morgan fingerprint density at radius 1 is 1.33 bits per heavy atom. The third-order valence-electron chi connectivity index (χ3n) is 2.45. The maximum absolute atomic E-state index is 11.3. The van der Waals surface area contributed by atoms with Crippen LogP contribution >= 0.6 is 0 Å². The van der Waals surface area contributed by atoms with Gasteiger partial charge in [-0.15, -0.1) is 0 Å². The first-order valence-electron chi connectivity index (χ1n) is 5.46. The van der Waals surface area contributed by atoms with E-state index in [2.05, 4.69) is 10.3 Å². The maximum atomic E-state index is 11.3. The van der Waals surface area contributed by atoms with Crippen LogP contribution in [0.3, 0.4) is 0 Å². The fourth-order valence-corrected chi connectivity index (χ4v) is 1.52. The quantitative estimate of drug-likeness (QED) is 0.832. The van der Waals surface area contributed by atoms with E-state index in [-0.39, 0.29) is 18.7 Å². The molecule has 0 bridgehead atoms. The van der Waals surface area contributed by atoms with E-state index in [1.54, 1.807) is 12.1 Å². The zero-order valence-corrected chi connectivity index (χ0v) is 9.55. The molecular formula is C12H12N2O4. The van der Waals surface area contributed by atoms with Gasteiger partial charge in [-0.2, -0.15) is 0 Å². The van der Waals surface area contributed by atoms with Crippen molar-refractivity contribution in [1.29, 1.82) is 0 Å². The average molecular weight is 248 g/mol. The molecule has 1 heterocycles. The van der Waals surface area contributed by atoms with Crippen molar-refractivity contribution in [2.45, 2.75) is 19.4 Å². The fraction of sp³-hybridized carbons (Fsp3) is 0.250. The molecule has 0 fully saturated rings. The summed E-state index contributed by atoms with van der Waals surface area (Å²) < 4.78 is 5.14. The molecular weight excluding hydrogens is 236 g/mol. The molecule has 2 aromatic rings. The van der Waals surface area contributed by atoms with Gasteiger partial charge in [-0.25, -0.2) is 4.98 Å². The van der Waals surface area contributed by atoms with E-state index in [1.165, 1.54) is 6.39 Å². The molecule has 0 atom stereocenters. The topological polar surface area (TPSA) is 92.4 Å². The molecule has 0 saturated carbocycles. The molecule has 2 rings (SSSR count). The van der Waals surface area contributed by atoms with Crippen molar-refractivity contribution in [3.05, 3.63) is 30.2 Å². The Kier molecular flexibility index (Phi) is 3.57. The highest BCUT2D eigenvalue weighted by atomic mass is 16.4. The molecule has 0 aliphatic rings. The van der Waals surface area contributed by atoms with Crippen LogP contribution in [0, 0.1) is 0 Å². The number of amides is 1. The summed E-state index contributed by atoms with van der Waals surface area (Å²) in [5.41, 5.74) is 2.30. The maximum Gasteiger partial charge on any atom is 0.303 e. The third-order valence-corrected chi connectivity index (χ3v) is 2.45. The van der Waals surface area contributed by atoms with Gasteiger partial charge >= 0.3 is 5.97 Å². The number of aromatic nitrogens is 1. The number of aliphatic carboxylic acids is 1. The predicted molar refractivity (Wildman–Crippen MR) is 62.7 cm³/mol. The summed E-state index contributed by atoms with van der Waals surface area (Å²) in [4.78, 5) is 25.6. The van der Waals surface area contributed by atoms with Crippen molar-refractivity contribution in [2.24, 2.45) is 0 Å². The lowest BCUT2D eigenvalue weighted by Crippen LogP contribution is -2.23. The summed E-state index contributed by atoms with van der Waals surface area (Å²) in [5, 5.41) is 11.1. The van der Waals surface area contributed by atoms with E-state index in [1.807, 2.05) is 6.07 Å². The fourth-order valence-electron chi connectivity index (χ4n) is 1.52. The van der Waals surface area contributed by atoms with Crippen LogP contribution in [-0.4, -0.2) is 22.0 Å². The third kappa shape index (κ3) is 3.07. The van der Waals surface area contributed by atoms with E-state index < -0.39 is 5.97 Å². The van der Waals surface area contributed by atoms with Gasteiger partial charge in [0, 0.05) is 13.0 Å². The first-order chi connectivity index (χ1) is 8.65. The number of hydrogen-bond donors (Lipinski definition) is 2. The molecule has 0 saturated heterocycles. The minimum absolute atomic E-state index is 0.0140. The zero-order chi connectivity index (χ0) is 13.0. The standard InChI is InChI=1S/C12H12N2O4/c15-11(3-4-12(16)17)13-6-8-1-2-9-10(5-8)18-7-14-9/h1-2,5,7H,3-4,6H2,(H,13,15)(H,16,17). The Labute approximate surface area is 103 Å². The minimum atomic E-state index is -0.978. The second-order valence-electron chi connectivity index (χ2n) is 3.82. The van der Waals surface area contributed by atoms with Gasteiger partial charge in [0.2, 0.25) is 5.91 Å². The van der Waals surface area contributed by atoms with Crippen LogP contribution in [-0.2, 0) is 16.1 Å². The number of carbonyl (C=O) groups is 2. The predicted octanol–water partition coefficient (Wildman–Crippen LogP) is 1.31. The number of carbonyl (C=O) groups excluding carboxylic acids is 1. The second kappa shape index (κ2) is 5.31. The van der Waals surface area contributed by atoms with Gasteiger partial charge < -0.3 is 14.8 Å². The number of nitrogens with zero attached hydrogens (tertiary/aromatic N) is 1. The average Bonchev–Trinajstić information content (AvgIpc) is 2.81. The van der Waals surface area contributed by atoms with E-state index in [4.69, 9.17) is 9.52 Å². The minimum Gasteiger partial charge on any atom is -0.481 e. The van der Waals surface area contributed by atoms with E-state index in [0.717, 1.165) is 11.1 Å². The van der Waals surface area contributed by atoms with Crippen LogP contribution in [0.15, 0.2) is 29.0 Å². The normalized spacial score (nSPS) is 10.4. The van der Waals surface area contributed by atoms with Gasteiger partial charge in [-0.05, 0) is 17.7 Å². The molecule has 0 aliphatic carbocycles. The van der Waals surface area contributed by atoms with Gasteiger partial charge in [-0.1, -0.05) is 6.07 Å². The zero-order valence-electron chi connectivity index (χ0n) is 9.55. The van der Waals surface area contributed by atoms with Gasteiger partial charge in [-0.3, -0.25) is 9.59 Å². The van der Waals surface area contributed by atoms with Crippen molar-refractivity contribution >= 4 is 23.0 Å². The molecule has 18 heavy (non-hydrogen) atoms. The van der Waals surface area contributed by atoms with Crippen LogP contribution in [0.2, 0.25) is 0 Å². The molecule has 1 amide bonds. The summed E-state index contributed by atoms with van der Waals surface area (Å²) in [6.45, 7) is 0.342.